The van der Waals surface area contributed by atoms with E-state index in [-0.39, 0.29) is 23.8 Å². The van der Waals surface area contributed by atoms with Crippen molar-refractivity contribution in [3.63, 3.8) is 0 Å². The highest BCUT2D eigenvalue weighted by Gasteiger charge is 2.39. The van der Waals surface area contributed by atoms with Gasteiger partial charge >= 0.3 is 0 Å². The predicted molar refractivity (Wildman–Crippen MR) is 102 cm³/mol. The highest BCUT2D eigenvalue weighted by Crippen LogP contribution is 2.31. The van der Waals surface area contributed by atoms with Crippen LogP contribution in [0.1, 0.15) is 18.0 Å². The van der Waals surface area contributed by atoms with Gasteiger partial charge in [-0.2, -0.15) is 0 Å². The molecule has 7 heteroatoms. The molecule has 0 bridgehead atoms. The van der Waals surface area contributed by atoms with E-state index in [9.17, 15) is 9.59 Å². The summed E-state index contributed by atoms with van der Waals surface area (Å²) in [5, 5.41) is 4.03. The molecule has 0 aromatic heterocycles. The third-order valence-corrected chi connectivity index (χ3v) is 5.52. The van der Waals surface area contributed by atoms with Gasteiger partial charge in [-0.15, -0.1) is 0 Å². The molecular formula is C19H27ClN4O2. The molecule has 26 heavy (non-hydrogen) atoms. The Bertz CT molecular complexity index is 667. The van der Waals surface area contributed by atoms with Gasteiger partial charge in [0, 0.05) is 50.7 Å². The van der Waals surface area contributed by atoms with Crippen molar-refractivity contribution in [3.8, 4) is 0 Å². The van der Waals surface area contributed by atoms with Crippen LogP contribution in [0, 0.1) is 5.92 Å². The quantitative estimate of drug-likeness (QED) is 0.837. The molecule has 2 saturated heterocycles. The topological polar surface area (TPSA) is 55.9 Å². The maximum absolute atomic E-state index is 13.2. The third-order valence-electron chi connectivity index (χ3n) is 5.17. The van der Waals surface area contributed by atoms with E-state index in [1.165, 1.54) is 0 Å². The number of halogens is 1. The molecule has 0 spiro atoms. The summed E-state index contributed by atoms with van der Waals surface area (Å²) in [4.78, 5) is 31.3. The fourth-order valence-corrected chi connectivity index (χ4v) is 3.96. The van der Waals surface area contributed by atoms with Gasteiger partial charge in [-0.05, 0) is 25.7 Å². The van der Waals surface area contributed by atoms with Crippen LogP contribution in [-0.2, 0) is 9.59 Å². The van der Waals surface area contributed by atoms with E-state index < -0.39 is 0 Å². The number of benzene rings is 1. The molecule has 2 atom stereocenters. The van der Waals surface area contributed by atoms with E-state index in [0.29, 0.717) is 37.6 Å². The standard InChI is InChI=1S/C19H27ClN4O2/c1-22(2)9-10-23-13-14(11-18(23)25)19(26)24-8-7-21-12-17(24)15-5-3-4-6-16(15)20/h3-6,14,17,21H,7-13H2,1-2H3. The van der Waals surface area contributed by atoms with Gasteiger partial charge in [-0.3, -0.25) is 9.59 Å². The van der Waals surface area contributed by atoms with Crippen molar-refractivity contribution in [2.24, 2.45) is 5.92 Å². The minimum Gasteiger partial charge on any atom is -0.341 e. The Hall–Kier alpha value is -1.63. The number of hydrogen-bond donors (Lipinski definition) is 1. The van der Waals surface area contributed by atoms with Crippen molar-refractivity contribution < 1.29 is 9.59 Å². The first-order valence-electron chi connectivity index (χ1n) is 9.15. The van der Waals surface area contributed by atoms with Crippen LogP contribution in [0.15, 0.2) is 24.3 Å². The summed E-state index contributed by atoms with van der Waals surface area (Å²) in [6, 6.07) is 7.59. The predicted octanol–water partition coefficient (Wildman–Crippen LogP) is 1.22. The van der Waals surface area contributed by atoms with Crippen LogP contribution in [0.25, 0.3) is 0 Å². The van der Waals surface area contributed by atoms with Crippen molar-refractivity contribution in [2.45, 2.75) is 12.5 Å². The summed E-state index contributed by atoms with van der Waals surface area (Å²) >= 11 is 6.37. The summed E-state index contributed by atoms with van der Waals surface area (Å²) < 4.78 is 0. The van der Waals surface area contributed by atoms with Gasteiger partial charge in [0.2, 0.25) is 11.8 Å². The Labute approximate surface area is 160 Å². The van der Waals surface area contributed by atoms with Crippen LogP contribution >= 0.6 is 11.6 Å². The summed E-state index contributed by atoms with van der Waals surface area (Å²) in [6.07, 6.45) is 0.311. The highest BCUT2D eigenvalue weighted by atomic mass is 35.5. The van der Waals surface area contributed by atoms with Crippen molar-refractivity contribution in [1.82, 2.24) is 20.0 Å². The van der Waals surface area contributed by atoms with E-state index in [1.807, 2.05) is 53.1 Å². The summed E-state index contributed by atoms with van der Waals surface area (Å²) in [5.41, 5.74) is 0.962. The number of piperazine rings is 1. The average Bonchev–Trinajstić information content (AvgIpc) is 3.00. The van der Waals surface area contributed by atoms with Crippen LogP contribution in [-0.4, -0.2) is 79.9 Å². The van der Waals surface area contributed by atoms with Gasteiger partial charge in [-0.25, -0.2) is 0 Å². The monoisotopic (exact) mass is 378 g/mol. The smallest absolute Gasteiger partial charge is 0.228 e. The molecule has 6 nitrogen and oxygen atoms in total. The van der Waals surface area contributed by atoms with Gasteiger partial charge < -0.3 is 20.0 Å². The van der Waals surface area contributed by atoms with Gasteiger partial charge in [0.1, 0.15) is 0 Å². The number of nitrogens with one attached hydrogen (secondary N) is 1. The molecule has 1 N–H and O–H groups in total. The van der Waals surface area contributed by atoms with E-state index >= 15 is 0 Å². The van der Waals surface area contributed by atoms with Crippen LogP contribution in [0.4, 0.5) is 0 Å². The summed E-state index contributed by atoms with van der Waals surface area (Å²) in [7, 11) is 3.97. The van der Waals surface area contributed by atoms with Crippen LogP contribution < -0.4 is 5.32 Å². The summed E-state index contributed by atoms with van der Waals surface area (Å²) in [5.74, 6) is -0.112. The van der Waals surface area contributed by atoms with Crippen LogP contribution in [0.5, 0.6) is 0 Å². The molecule has 2 aliphatic rings. The fourth-order valence-electron chi connectivity index (χ4n) is 3.70. The lowest BCUT2D eigenvalue weighted by molar-refractivity contribution is -0.139. The summed E-state index contributed by atoms with van der Waals surface area (Å²) in [6.45, 7) is 4.08. The van der Waals surface area contributed by atoms with Gasteiger partial charge in [0.15, 0.2) is 0 Å². The number of likely N-dealkylation sites (N-methyl/N-ethyl adjacent to an activating group) is 1. The maximum Gasteiger partial charge on any atom is 0.228 e. The zero-order chi connectivity index (χ0) is 18.7. The lowest BCUT2D eigenvalue weighted by Crippen LogP contribution is -2.51. The Morgan fingerprint density at radius 3 is 2.85 bits per heavy atom. The zero-order valence-corrected chi connectivity index (χ0v) is 16.2. The minimum absolute atomic E-state index is 0.0668. The number of hydrogen-bond acceptors (Lipinski definition) is 4. The molecule has 3 rings (SSSR count). The Balaban J connectivity index is 1.71. The molecule has 2 amide bonds. The second-order valence-corrected chi connectivity index (χ2v) is 7.72. The van der Waals surface area contributed by atoms with Crippen molar-refractivity contribution >= 4 is 23.4 Å². The zero-order valence-electron chi connectivity index (χ0n) is 15.4. The highest BCUT2D eigenvalue weighted by molar-refractivity contribution is 6.31. The van der Waals surface area contributed by atoms with E-state index in [4.69, 9.17) is 11.6 Å². The molecule has 2 heterocycles. The first-order chi connectivity index (χ1) is 12.5. The first-order valence-corrected chi connectivity index (χ1v) is 9.53. The van der Waals surface area contributed by atoms with Gasteiger partial charge in [0.25, 0.3) is 0 Å². The number of amides is 2. The number of likely N-dealkylation sites (tertiary alicyclic amines) is 1. The first kappa shape index (κ1) is 19.1. The molecule has 0 saturated carbocycles. The Morgan fingerprint density at radius 1 is 1.35 bits per heavy atom. The maximum atomic E-state index is 13.2. The molecule has 1 aromatic carbocycles. The van der Waals surface area contributed by atoms with Crippen molar-refractivity contribution in [1.29, 1.82) is 0 Å². The normalized spacial score (nSPS) is 23.8. The van der Waals surface area contributed by atoms with Crippen molar-refractivity contribution in [2.75, 3.05) is 53.4 Å². The largest absolute Gasteiger partial charge is 0.341 e. The van der Waals surface area contributed by atoms with Gasteiger partial charge in [-0.1, -0.05) is 29.8 Å². The van der Waals surface area contributed by atoms with E-state index in [0.717, 1.165) is 18.7 Å². The Morgan fingerprint density at radius 2 is 2.12 bits per heavy atom. The van der Waals surface area contributed by atoms with E-state index in [1.54, 1.807) is 0 Å². The molecule has 1 aromatic rings. The molecule has 0 aliphatic carbocycles. The SMILES string of the molecule is CN(C)CCN1CC(C(=O)N2CCNCC2c2ccccc2Cl)CC1=O. The Kier molecular flexibility index (Phi) is 6.16. The molecule has 2 fully saturated rings. The lowest BCUT2D eigenvalue weighted by atomic mass is 9.99. The number of carbonyl (C=O) groups excluding carboxylic acids is 2. The number of nitrogens with zero attached hydrogens (tertiary/aromatic N) is 3. The van der Waals surface area contributed by atoms with Crippen molar-refractivity contribution in [3.05, 3.63) is 34.9 Å². The molecule has 2 aliphatic heterocycles. The molecular weight excluding hydrogens is 352 g/mol. The minimum atomic E-state index is -0.257. The van der Waals surface area contributed by atoms with Crippen LogP contribution in [0.3, 0.4) is 0 Å². The molecule has 2 unspecified atom stereocenters. The number of rotatable bonds is 5. The second-order valence-electron chi connectivity index (χ2n) is 7.32. The number of carbonyl (C=O) groups is 2. The second kappa shape index (κ2) is 8.37. The van der Waals surface area contributed by atoms with Crippen LogP contribution in [0.2, 0.25) is 5.02 Å². The average molecular weight is 379 g/mol. The lowest BCUT2D eigenvalue weighted by Gasteiger charge is -2.38. The molecule has 0 radical (unpaired) electrons. The fraction of sp³-hybridized carbons (Fsp3) is 0.579. The van der Waals surface area contributed by atoms with E-state index in [2.05, 4.69) is 5.32 Å². The third kappa shape index (κ3) is 4.19. The van der Waals surface area contributed by atoms with Gasteiger partial charge in [0.05, 0.1) is 12.0 Å². The molecule has 142 valence electrons.